The van der Waals surface area contributed by atoms with E-state index in [1.54, 1.807) is 0 Å². The maximum atomic E-state index is 5.47. The minimum atomic E-state index is 0.631. The van der Waals surface area contributed by atoms with Gasteiger partial charge in [0.1, 0.15) is 0 Å². The molecule has 0 saturated carbocycles. The van der Waals surface area contributed by atoms with Crippen LogP contribution in [0, 0.1) is 0 Å². The number of hydrogen-bond acceptors (Lipinski definition) is 1. The molecule has 0 heterocycles. The monoisotopic (exact) mass is 151 g/mol. The predicted octanol–water partition coefficient (Wildman–Crippen LogP) is 2.41. The van der Waals surface area contributed by atoms with Crippen molar-refractivity contribution in [2.75, 3.05) is 6.54 Å². The lowest BCUT2D eigenvalue weighted by molar-refractivity contribution is 1.11. The van der Waals surface area contributed by atoms with Crippen LogP contribution in [0.25, 0.3) is 0 Å². The van der Waals surface area contributed by atoms with Gasteiger partial charge in [-0.2, -0.15) is 0 Å². The fourth-order valence-corrected chi connectivity index (χ4v) is 0.571. The van der Waals surface area contributed by atoms with Gasteiger partial charge in [-0.05, 0) is 20.8 Å². The number of hydrogen-bond donors (Lipinski definition) is 1. The molecule has 0 aliphatic rings. The highest BCUT2D eigenvalue weighted by atomic mass is 14.5. The molecule has 0 atom stereocenters. The zero-order chi connectivity index (χ0) is 8.85. The Kier molecular flexibility index (Phi) is 4.55. The molecule has 0 fully saturated rings. The van der Waals surface area contributed by atoms with Crippen molar-refractivity contribution in [1.29, 1.82) is 0 Å². The first-order valence-electron chi connectivity index (χ1n) is 3.78. The molecule has 0 spiro atoms. The molecule has 0 aliphatic carbocycles. The maximum absolute atomic E-state index is 5.47. The van der Waals surface area contributed by atoms with Gasteiger partial charge in [0.15, 0.2) is 0 Å². The smallest absolute Gasteiger partial charge is 0.0139 e. The van der Waals surface area contributed by atoms with Gasteiger partial charge in [0.05, 0.1) is 0 Å². The van der Waals surface area contributed by atoms with E-state index in [9.17, 15) is 0 Å². The van der Waals surface area contributed by atoms with Crippen LogP contribution in [0.5, 0.6) is 0 Å². The molecule has 0 aromatic carbocycles. The molecule has 11 heavy (non-hydrogen) atoms. The van der Waals surface area contributed by atoms with Crippen LogP contribution in [0.15, 0.2) is 35.5 Å². The first-order valence-corrected chi connectivity index (χ1v) is 3.78. The van der Waals surface area contributed by atoms with Crippen molar-refractivity contribution in [3.8, 4) is 0 Å². The third-order valence-electron chi connectivity index (χ3n) is 1.60. The third kappa shape index (κ3) is 4.57. The summed E-state index contributed by atoms with van der Waals surface area (Å²) in [6.07, 6.45) is 4.04. The summed E-state index contributed by atoms with van der Waals surface area (Å²) in [5.41, 5.74) is 8.99. The SMILES string of the molecule is C=C(C)/C=C\C(C)=C(/C)CN. The molecule has 0 amide bonds. The van der Waals surface area contributed by atoms with E-state index < -0.39 is 0 Å². The summed E-state index contributed by atoms with van der Waals surface area (Å²) in [6.45, 7) is 10.5. The Labute approximate surface area is 69.3 Å². The predicted molar refractivity (Wildman–Crippen MR) is 51.4 cm³/mol. The fourth-order valence-electron chi connectivity index (χ4n) is 0.571. The van der Waals surface area contributed by atoms with Crippen LogP contribution >= 0.6 is 0 Å². The van der Waals surface area contributed by atoms with Crippen LogP contribution in [0.3, 0.4) is 0 Å². The van der Waals surface area contributed by atoms with Crippen molar-refractivity contribution >= 4 is 0 Å². The highest BCUT2D eigenvalue weighted by molar-refractivity contribution is 5.27. The number of nitrogens with two attached hydrogens (primary N) is 1. The summed E-state index contributed by atoms with van der Waals surface area (Å²) in [4.78, 5) is 0. The van der Waals surface area contributed by atoms with Crippen LogP contribution in [0.2, 0.25) is 0 Å². The van der Waals surface area contributed by atoms with Crippen molar-refractivity contribution in [1.82, 2.24) is 0 Å². The van der Waals surface area contributed by atoms with Crippen LogP contribution in [0.4, 0.5) is 0 Å². The summed E-state index contributed by atoms with van der Waals surface area (Å²) in [5, 5.41) is 0. The van der Waals surface area contributed by atoms with Gasteiger partial charge in [0.25, 0.3) is 0 Å². The Balaban J connectivity index is 4.26. The van der Waals surface area contributed by atoms with Gasteiger partial charge in [-0.15, -0.1) is 0 Å². The molecule has 62 valence electrons. The highest BCUT2D eigenvalue weighted by Gasteiger charge is 1.88. The van der Waals surface area contributed by atoms with Gasteiger partial charge < -0.3 is 5.73 Å². The number of allylic oxidation sites excluding steroid dienone is 4. The molecule has 0 saturated heterocycles. The minimum absolute atomic E-state index is 0.631. The van der Waals surface area contributed by atoms with E-state index in [0.29, 0.717) is 6.54 Å². The molecule has 0 aromatic rings. The second kappa shape index (κ2) is 4.91. The van der Waals surface area contributed by atoms with Crippen LogP contribution in [-0.2, 0) is 0 Å². The summed E-state index contributed by atoms with van der Waals surface area (Å²) in [5.74, 6) is 0. The van der Waals surface area contributed by atoms with Gasteiger partial charge in [-0.25, -0.2) is 0 Å². The maximum Gasteiger partial charge on any atom is 0.0139 e. The molecule has 1 heteroatoms. The molecule has 0 unspecified atom stereocenters. The quantitative estimate of drug-likeness (QED) is 0.616. The molecule has 0 radical (unpaired) electrons. The average Bonchev–Trinajstić information content (AvgIpc) is 1.98. The Morgan fingerprint density at radius 1 is 1.27 bits per heavy atom. The first kappa shape index (κ1) is 10.2. The topological polar surface area (TPSA) is 26.0 Å². The van der Waals surface area contributed by atoms with E-state index in [0.717, 1.165) is 5.57 Å². The average molecular weight is 151 g/mol. The normalized spacial score (nSPS) is 13.5. The molecule has 1 nitrogen and oxygen atoms in total. The summed E-state index contributed by atoms with van der Waals surface area (Å²) in [6, 6.07) is 0. The Hall–Kier alpha value is -0.820. The lowest BCUT2D eigenvalue weighted by atomic mass is 10.1. The Bertz CT molecular complexity index is 197. The summed E-state index contributed by atoms with van der Waals surface area (Å²) < 4.78 is 0. The van der Waals surface area contributed by atoms with Crippen molar-refractivity contribution in [2.24, 2.45) is 5.73 Å². The van der Waals surface area contributed by atoms with E-state index in [1.165, 1.54) is 11.1 Å². The Morgan fingerprint density at radius 3 is 2.18 bits per heavy atom. The van der Waals surface area contributed by atoms with E-state index in [4.69, 9.17) is 5.73 Å². The minimum Gasteiger partial charge on any atom is -0.327 e. The fraction of sp³-hybridized carbons (Fsp3) is 0.400. The van der Waals surface area contributed by atoms with Gasteiger partial charge in [-0.1, -0.05) is 35.5 Å². The molecular weight excluding hydrogens is 134 g/mol. The zero-order valence-electron chi connectivity index (χ0n) is 7.65. The first-order chi connectivity index (χ1) is 5.07. The second-order valence-corrected chi connectivity index (χ2v) is 2.85. The van der Waals surface area contributed by atoms with E-state index in [2.05, 4.69) is 13.5 Å². The van der Waals surface area contributed by atoms with E-state index in [-0.39, 0.29) is 0 Å². The van der Waals surface area contributed by atoms with Crippen molar-refractivity contribution in [2.45, 2.75) is 20.8 Å². The van der Waals surface area contributed by atoms with Gasteiger partial charge in [0.2, 0.25) is 0 Å². The largest absolute Gasteiger partial charge is 0.327 e. The standard InChI is InChI=1S/C10H17N/c1-8(2)5-6-9(3)10(4)7-11/h5-6H,1,7,11H2,2-4H3/b6-5-,10-9+. The molecule has 0 bridgehead atoms. The van der Waals surface area contributed by atoms with Crippen molar-refractivity contribution in [3.05, 3.63) is 35.5 Å². The molecular formula is C10H17N. The zero-order valence-corrected chi connectivity index (χ0v) is 7.65. The highest BCUT2D eigenvalue weighted by Crippen LogP contribution is 2.04. The van der Waals surface area contributed by atoms with Crippen LogP contribution in [-0.4, -0.2) is 6.54 Å². The molecule has 2 N–H and O–H groups in total. The van der Waals surface area contributed by atoms with E-state index in [1.807, 2.05) is 26.0 Å². The van der Waals surface area contributed by atoms with Gasteiger partial charge >= 0.3 is 0 Å². The van der Waals surface area contributed by atoms with E-state index >= 15 is 0 Å². The van der Waals surface area contributed by atoms with Gasteiger partial charge in [-0.3, -0.25) is 0 Å². The summed E-state index contributed by atoms with van der Waals surface area (Å²) in [7, 11) is 0. The molecule has 0 aromatic heterocycles. The molecule has 0 aliphatic heterocycles. The van der Waals surface area contributed by atoms with Crippen LogP contribution < -0.4 is 5.73 Å². The summed E-state index contributed by atoms with van der Waals surface area (Å²) >= 11 is 0. The lowest BCUT2D eigenvalue weighted by Crippen LogP contribution is -2.01. The van der Waals surface area contributed by atoms with Gasteiger partial charge in [0, 0.05) is 6.54 Å². The second-order valence-electron chi connectivity index (χ2n) is 2.85. The van der Waals surface area contributed by atoms with Crippen molar-refractivity contribution in [3.63, 3.8) is 0 Å². The third-order valence-corrected chi connectivity index (χ3v) is 1.60. The Morgan fingerprint density at radius 2 is 1.82 bits per heavy atom. The number of rotatable bonds is 3. The van der Waals surface area contributed by atoms with Crippen LogP contribution in [0.1, 0.15) is 20.8 Å². The van der Waals surface area contributed by atoms with Crippen molar-refractivity contribution < 1.29 is 0 Å². The lowest BCUT2D eigenvalue weighted by Gasteiger charge is -1.98. The molecule has 0 rings (SSSR count).